The van der Waals surface area contributed by atoms with E-state index < -0.39 is 0 Å². The summed E-state index contributed by atoms with van der Waals surface area (Å²) in [6.07, 6.45) is 8.26. The summed E-state index contributed by atoms with van der Waals surface area (Å²) in [5.41, 5.74) is 4.20. The minimum atomic E-state index is -0.287. The van der Waals surface area contributed by atoms with Crippen LogP contribution in [0.4, 0.5) is 0 Å². The Labute approximate surface area is 149 Å². The predicted molar refractivity (Wildman–Crippen MR) is 103 cm³/mol. The summed E-state index contributed by atoms with van der Waals surface area (Å²) in [6, 6.07) is 10.5. The molecule has 0 N–H and O–H groups in total. The molecule has 128 valence electrons. The molecule has 2 aromatic rings. The number of aromatic nitrogens is 1. The van der Waals surface area contributed by atoms with Gasteiger partial charge in [0.15, 0.2) is 0 Å². The summed E-state index contributed by atoms with van der Waals surface area (Å²) >= 11 is 0. The van der Waals surface area contributed by atoms with E-state index in [2.05, 4.69) is 63.0 Å². The molecule has 0 amide bonds. The first-order chi connectivity index (χ1) is 11.9. The van der Waals surface area contributed by atoms with Gasteiger partial charge in [-0.3, -0.25) is 4.98 Å². The number of benzene rings is 1. The van der Waals surface area contributed by atoms with Crippen LogP contribution in [0.2, 0.25) is 0 Å². The fourth-order valence-corrected chi connectivity index (χ4v) is 3.33. The minimum Gasteiger partial charge on any atom is -0.400 e. The van der Waals surface area contributed by atoms with Crippen LogP contribution in [-0.4, -0.2) is 23.3 Å². The predicted octanol–water partition coefficient (Wildman–Crippen LogP) is 4.97. The number of allylic oxidation sites excluding steroid dienone is 4. The minimum absolute atomic E-state index is 0.238. The average molecular weight is 333 g/mol. The van der Waals surface area contributed by atoms with Crippen molar-refractivity contribution in [3.8, 4) is 0 Å². The summed E-state index contributed by atoms with van der Waals surface area (Å²) in [4.78, 5) is 4.58. The molecule has 0 unspecified atom stereocenters. The Hall–Kier alpha value is -1.91. The summed E-state index contributed by atoms with van der Waals surface area (Å²) < 4.78 is 12.3. The van der Waals surface area contributed by atoms with Gasteiger partial charge in [-0.2, -0.15) is 0 Å². The maximum absolute atomic E-state index is 6.17. The first kappa shape index (κ1) is 16.6. The lowest BCUT2D eigenvalue weighted by Gasteiger charge is -2.32. The molecular formula is C21H24BNO2. The Balaban J connectivity index is 1.58. The average Bonchev–Trinajstić information content (AvgIpc) is 2.82. The van der Waals surface area contributed by atoms with Crippen LogP contribution in [0.1, 0.15) is 46.1 Å². The SMILES string of the molecule is CC1(C)OB(C2=CC=C(c3cnc4ccccc4c3)CC2)OC1(C)C. The third-order valence-electron chi connectivity index (χ3n) is 5.70. The van der Waals surface area contributed by atoms with Crippen LogP contribution in [0.25, 0.3) is 16.5 Å². The molecule has 1 aliphatic heterocycles. The van der Waals surface area contributed by atoms with Gasteiger partial charge in [0.1, 0.15) is 0 Å². The van der Waals surface area contributed by atoms with E-state index in [0.29, 0.717) is 0 Å². The number of fused-ring (bicyclic) bond motifs is 1. The van der Waals surface area contributed by atoms with Gasteiger partial charge in [-0.25, -0.2) is 0 Å². The highest BCUT2D eigenvalue weighted by atomic mass is 16.7. The molecule has 2 aliphatic rings. The van der Waals surface area contributed by atoms with E-state index in [-0.39, 0.29) is 18.3 Å². The second-order valence-electron chi connectivity index (χ2n) is 7.94. The van der Waals surface area contributed by atoms with Gasteiger partial charge in [0.2, 0.25) is 0 Å². The lowest BCUT2D eigenvalue weighted by molar-refractivity contribution is 0.00578. The molecular weight excluding hydrogens is 309 g/mol. The van der Waals surface area contributed by atoms with Gasteiger partial charge >= 0.3 is 7.12 Å². The fraction of sp³-hybridized carbons (Fsp3) is 0.381. The monoisotopic (exact) mass is 333 g/mol. The van der Waals surface area contributed by atoms with Gasteiger partial charge in [0.25, 0.3) is 0 Å². The molecule has 25 heavy (non-hydrogen) atoms. The van der Waals surface area contributed by atoms with Crippen LogP contribution in [0.5, 0.6) is 0 Å². The van der Waals surface area contributed by atoms with Crippen molar-refractivity contribution >= 4 is 23.6 Å². The van der Waals surface area contributed by atoms with Crippen molar-refractivity contribution in [1.82, 2.24) is 4.98 Å². The number of nitrogens with zero attached hydrogens (tertiary/aromatic N) is 1. The molecule has 1 aliphatic carbocycles. The third kappa shape index (κ3) is 2.94. The highest BCUT2D eigenvalue weighted by molar-refractivity contribution is 6.54. The molecule has 0 bridgehead atoms. The Bertz CT molecular complexity index is 866. The van der Waals surface area contributed by atoms with Gasteiger partial charge < -0.3 is 9.31 Å². The normalized spacial score (nSPS) is 22.0. The third-order valence-corrected chi connectivity index (χ3v) is 5.70. The molecule has 0 radical (unpaired) electrons. The van der Waals surface area contributed by atoms with E-state index in [0.717, 1.165) is 18.4 Å². The van der Waals surface area contributed by atoms with Crippen molar-refractivity contribution in [2.24, 2.45) is 0 Å². The molecule has 0 atom stereocenters. The molecule has 2 heterocycles. The van der Waals surface area contributed by atoms with Crippen LogP contribution in [0.15, 0.2) is 54.2 Å². The smallest absolute Gasteiger partial charge is 0.400 e. The van der Waals surface area contributed by atoms with E-state index in [9.17, 15) is 0 Å². The molecule has 0 spiro atoms. The van der Waals surface area contributed by atoms with E-state index in [1.165, 1.54) is 22.0 Å². The van der Waals surface area contributed by atoms with Crippen LogP contribution in [-0.2, 0) is 9.31 Å². The summed E-state index contributed by atoms with van der Waals surface area (Å²) in [7, 11) is -0.238. The van der Waals surface area contributed by atoms with Gasteiger partial charge in [0.05, 0.1) is 16.7 Å². The van der Waals surface area contributed by atoms with Crippen molar-refractivity contribution in [1.29, 1.82) is 0 Å². The highest BCUT2D eigenvalue weighted by Gasteiger charge is 2.52. The van der Waals surface area contributed by atoms with Crippen molar-refractivity contribution < 1.29 is 9.31 Å². The van der Waals surface area contributed by atoms with Crippen LogP contribution >= 0.6 is 0 Å². The summed E-state index contributed by atoms with van der Waals surface area (Å²) in [5.74, 6) is 0. The van der Waals surface area contributed by atoms with Crippen molar-refractivity contribution in [3.05, 3.63) is 59.7 Å². The van der Waals surface area contributed by atoms with Gasteiger partial charge in [-0.1, -0.05) is 30.4 Å². The van der Waals surface area contributed by atoms with Crippen molar-refractivity contribution in [3.63, 3.8) is 0 Å². The Morgan fingerprint density at radius 3 is 2.36 bits per heavy atom. The zero-order valence-corrected chi connectivity index (χ0v) is 15.4. The van der Waals surface area contributed by atoms with Gasteiger partial charge in [0, 0.05) is 11.6 Å². The maximum atomic E-state index is 6.17. The highest BCUT2D eigenvalue weighted by Crippen LogP contribution is 2.40. The van der Waals surface area contributed by atoms with E-state index in [1.54, 1.807) is 0 Å². The maximum Gasteiger partial charge on any atom is 0.490 e. The van der Waals surface area contributed by atoms with E-state index >= 15 is 0 Å². The number of hydrogen-bond acceptors (Lipinski definition) is 3. The molecule has 1 aromatic heterocycles. The first-order valence-electron chi connectivity index (χ1n) is 8.96. The topological polar surface area (TPSA) is 31.4 Å². The van der Waals surface area contributed by atoms with Crippen LogP contribution in [0.3, 0.4) is 0 Å². The molecule has 3 nitrogen and oxygen atoms in total. The number of para-hydroxylation sites is 1. The largest absolute Gasteiger partial charge is 0.490 e. The molecule has 4 heteroatoms. The fourth-order valence-electron chi connectivity index (χ4n) is 3.33. The number of rotatable bonds is 2. The molecule has 1 aromatic carbocycles. The first-order valence-corrected chi connectivity index (χ1v) is 8.96. The second-order valence-corrected chi connectivity index (χ2v) is 7.94. The van der Waals surface area contributed by atoms with Gasteiger partial charge in [-0.05, 0) is 69.3 Å². The quantitative estimate of drug-likeness (QED) is 0.727. The van der Waals surface area contributed by atoms with Crippen LogP contribution < -0.4 is 0 Å². The summed E-state index contributed by atoms with van der Waals surface area (Å²) in [5, 5.41) is 1.18. The molecule has 1 fully saturated rings. The lowest BCUT2D eigenvalue weighted by Crippen LogP contribution is -2.41. The van der Waals surface area contributed by atoms with Crippen LogP contribution in [0, 0.1) is 0 Å². The van der Waals surface area contributed by atoms with E-state index in [4.69, 9.17) is 9.31 Å². The number of pyridine rings is 1. The Morgan fingerprint density at radius 2 is 1.68 bits per heavy atom. The van der Waals surface area contributed by atoms with Gasteiger partial charge in [-0.15, -0.1) is 0 Å². The number of hydrogen-bond donors (Lipinski definition) is 0. The zero-order chi connectivity index (χ0) is 17.7. The van der Waals surface area contributed by atoms with Crippen molar-refractivity contribution in [2.75, 3.05) is 0 Å². The molecule has 4 rings (SSSR count). The standard InChI is InChI=1S/C21H24BNO2/c1-20(2)21(3,4)25-22(24-20)18-11-9-15(10-12-18)17-13-16-7-5-6-8-19(16)23-14-17/h5-9,11,13-14H,10,12H2,1-4H3. The lowest BCUT2D eigenvalue weighted by atomic mass is 9.72. The summed E-state index contributed by atoms with van der Waals surface area (Å²) in [6.45, 7) is 8.38. The molecule has 0 saturated carbocycles. The second kappa shape index (κ2) is 5.82. The zero-order valence-electron chi connectivity index (χ0n) is 15.4. The van der Waals surface area contributed by atoms with Crippen molar-refractivity contribution in [2.45, 2.75) is 51.7 Å². The van der Waals surface area contributed by atoms with E-state index in [1.807, 2.05) is 18.3 Å². The Morgan fingerprint density at radius 1 is 0.960 bits per heavy atom. The Kier molecular flexibility index (Phi) is 3.86. The molecule has 1 saturated heterocycles.